The molecule has 0 saturated carbocycles. The molecule has 152 valence electrons. The number of rotatable bonds is 6. The largest absolute Gasteiger partial charge is 0.439 e. The Kier molecular flexibility index (Phi) is 5.34. The highest BCUT2D eigenvalue weighted by Gasteiger charge is 2.16. The molecule has 0 saturated heterocycles. The lowest BCUT2D eigenvalue weighted by molar-refractivity contribution is 0.460. The first-order valence-electron chi connectivity index (χ1n) is 8.48. The van der Waals surface area contributed by atoms with Gasteiger partial charge in [-0.25, -0.2) is 27.5 Å². The Hall–Kier alpha value is -3.50. The SMILES string of the molecule is O=S(=O)(Nc1ccc(Oc2cc(-n3cccn3)ncn2)cc1)c1ccc(F)c(Cl)c1. The van der Waals surface area contributed by atoms with Crippen molar-refractivity contribution < 1.29 is 17.5 Å². The maximum Gasteiger partial charge on any atom is 0.261 e. The Bertz CT molecular complexity index is 1280. The van der Waals surface area contributed by atoms with Gasteiger partial charge in [-0.3, -0.25) is 4.72 Å². The fourth-order valence-corrected chi connectivity index (χ4v) is 3.81. The smallest absolute Gasteiger partial charge is 0.261 e. The van der Waals surface area contributed by atoms with Crippen molar-refractivity contribution in [2.75, 3.05) is 4.72 Å². The van der Waals surface area contributed by atoms with Gasteiger partial charge in [0.05, 0.1) is 9.92 Å². The van der Waals surface area contributed by atoms with Crippen LogP contribution in [0.25, 0.3) is 5.82 Å². The van der Waals surface area contributed by atoms with E-state index in [1.807, 2.05) is 0 Å². The Morgan fingerprint density at radius 2 is 1.87 bits per heavy atom. The van der Waals surface area contributed by atoms with Crippen molar-refractivity contribution in [3.63, 3.8) is 0 Å². The summed E-state index contributed by atoms with van der Waals surface area (Å²) in [5, 5.41) is 3.82. The van der Waals surface area contributed by atoms with Crippen molar-refractivity contribution in [2.24, 2.45) is 0 Å². The van der Waals surface area contributed by atoms with Gasteiger partial charge in [0.15, 0.2) is 5.82 Å². The van der Waals surface area contributed by atoms with Crippen molar-refractivity contribution in [1.82, 2.24) is 19.7 Å². The second-order valence-electron chi connectivity index (χ2n) is 5.97. The molecule has 2 heterocycles. The zero-order valence-electron chi connectivity index (χ0n) is 15.1. The van der Waals surface area contributed by atoms with Crippen LogP contribution in [0.15, 0.2) is 78.2 Å². The normalized spacial score (nSPS) is 11.3. The quantitative estimate of drug-likeness (QED) is 0.480. The molecule has 4 aromatic rings. The second-order valence-corrected chi connectivity index (χ2v) is 8.06. The van der Waals surface area contributed by atoms with E-state index in [4.69, 9.17) is 16.3 Å². The van der Waals surface area contributed by atoms with Gasteiger partial charge in [0, 0.05) is 24.1 Å². The first-order chi connectivity index (χ1) is 14.4. The third kappa shape index (κ3) is 4.39. The Morgan fingerprint density at radius 3 is 2.57 bits per heavy atom. The molecule has 0 fully saturated rings. The van der Waals surface area contributed by atoms with Gasteiger partial charge in [0.2, 0.25) is 5.88 Å². The minimum Gasteiger partial charge on any atom is -0.439 e. The van der Waals surface area contributed by atoms with Gasteiger partial charge in [-0.15, -0.1) is 0 Å². The molecule has 0 spiro atoms. The molecule has 1 N–H and O–H groups in total. The molecule has 2 aromatic carbocycles. The molecule has 2 aromatic heterocycles. The van der Waals surface area contributed by atoms with Gasteiger partial charge in [-0.2, -0.15) is 5.10 Å². The lowest BCUT2D eigenvalue weighted by Crippen LogP contribution is -2.13. The molecule has 0 aliphatic rings. The van der Waals surface area contributed by atoms with Crippen LogP contribution in [0.5, 0.6) is 11.6 Å². The van der Waals surface area contributed by atoms with Crippen molar-refractivity contribution in [3.05, 3.63) is 84.2 Å². The highest BCUT2D eigenvalue weighted by molar-refractivity contribution is 7.92. The minimum atomic E-state index is -3.93. The molecule has 0 aliphatic carbocycles. The molecule has 11 heteroatoms. The van der Waals surface area contributed by atoms with E-state index in [0.717, 1.165) is 18.2 Å². The van der Waals surface area contributed by atoms with Crippen LogP contribution in [-0.4, -0.2) is 28.2 Å². The molecule has 4 rings (SSSR count). The Balaban J connectivity index is 1.48. The van der Waals surface area contributed by atoms with E-state index in [1.54, 1.807) is 41.3 Å². The van der Waals surface area contributed by atoms with E-state index in [1.165, 1.54) is 18.5 Å². The summed E-state index contributed by atoms with van der Waals surface area (Å²) in [6.07, 6.45) is 4.71. The number of nitrogens with one attached hydrogen (secondary N) is 1. The van der Waals surface area contributed by atoms with Crippen LogP contribution < -0.4 is 9.46 Å². The van der Waals surface area contributed by atoms with Gasteiger partial charge in [0.25, 0.3) is 10.0 Å². The molecule has 0 unspecified atom stereocenters. The number of sulfonamides is 1. The van der Waals surface area contributed by atoms with Crippen LogP contribution in [-0.2, 0) is 10.0 Å². The molecule has 0 aliphatic heterocycles. The molecule has 0 bridgehead atoms. The number of anilines is 1. The minimum absolute atomic E-state index is 0.152. The summed E-state index contributed by atoms with van der Waals surface area (Å²) in [5.74, 6) is 0.572. The molecular formula is C19H13ClFN5O3S. The molecule has 0 radical (unpaired) electrons. The van der Waals surface area contributed by atoms with E-state index >= 15 is 0 Å². The summed E-state index contributed by atoms with van der Waals surface area (Å²) in [7, 11) is -3.93. The highest BCUT2D eigenvalue weighted by Crippen LogP contribution is 2.25. The van der Waals surface area contributed by atoms with Gasteiger partial charge >= 0.3 is 0 Å². The summed E-state index contributed by atoms with van der Waals surface area (Å²) < 4.78 is 47.8. The Morgan fingerprint density at radius 1 is 1.07 bits per heavy atom. The number of ether oxygens (including phenoxy) is 1. The standard InChI is InChI=1S/C19H13ClFN5O3S/c20-16-10-15(6-7-17(16)21)30(27,28)25-13-2-4-14(5-3-13)29-19-11-18(22-12-23-19)26-9-1-8-24-26/h1-12,25H. The number of benzene rings is 2. The van der Waals surface area contributed by atoms with E-state index in [-0.39, 0.29) is 9.92 Å². The van der Waals surface area contributed by atoms with Gasteiger partial charge in [-0.1, -0.05) is 11.6 Å². The fourth-order valence-electron chi connectivity index (χ4n) is 2.49. The van der Waals surface area contributed by atoms with E-state index in [2.05, 4.69) is 19.8 Å². The predicted octanol–water partition coefficient (Wildman–Crippen LogP) is 4.05. The van der Waals surface area contributed by atoms with Crippen LogP contribution in [0.1, 0.15) is 0 Å². The van der Waals surface area contributed by atoms with E-state index < -0.39 is 15.8 Å². The highest BCUT2D eigenvalue weighted by atomic mass is 35.5. The van der Waals surface area contributed by atoms with Crippen molar-refractivity contribution in [2.45, 2.75) is 4.90 Å². The van der Waals surface area contributed by atoms with Crippen LogP contribution in [0, 0.1) is 5.82 Å². The van der Waals surface area contributed by atoms with Crippen molar-refractivity contribution in [1.29, 1.82) is 0 Å². The summed E-state index contributed by atoms with van der Waals surface area (Å²) in [4.78, 5) is 8.02. The third-order valence-corrected chi connectivity index (χ3v) is 5.57. The van der Waals surface area contributed by atoms with Gasteiger partial charge in [-0.05, 0) is 48.5 Å². The summed E-state index contributed by atoms with van der Waals surface area (Å²) in [6.45, 7) is 0. The van der Waals surface area contributed by atoms with E-state index in [0.29, 0.717) is 23.1 Å². The van der Waals surface area contributed by atoms with Crippen molar-refractivity contribution in [3.8, 4) is 17.4 Å². The average Bonchev–Trinajstić information content (AvgIpc) is 3.26. The molecule has 0 atom stereocenters. The zero-order chi connectivity index (χ0) is 21.1. The second kappa shape index (κ2) is 8.09. The monoisotopic (exact) mass is 445 g/mol. The average molecular weight is 446 g/mol. The summed E-state index contributed by atoms with van der Waals surface area (Å²) >= 11 is 5.66. The van der Waals surface area contributed by atoms with Crippen LogP contribution >= 0.6 is 11.6 Å². The third-order valence-electron chi connectivity index (χ3n) is 3.90. The van der Waals surface area contributed by atoms with Crippen LogP contribution in [0.4, 0.5) is 10.1 Å². The topological polar surface area (TPSA) is 99.0 Å². The van der Waals surface area contributed by atoms with Crippen LogP contribution in [0.3, 0.4) is 0 Å². The molecular weight excluding hydrogens is 433 g/mol. The lowest BCUT2D eigenvalue weighted by Gasteiger charge is -2.10. The predicted molar refractivity (Wildman–Crippen MR) is 108 cm³/mol. The number of halogens is 2. The zero-order valence-corrected chi connectivity index (χ0v) is 16.7. The van der Waals surface area contributed by atoms with E-state index in [9.17, 15) is 12.8 Å². The maximum absolute atomic E-state index is 13.3. The molecule has 0 amide bonds. The molecule has 8 nitrogen and oxygen atoms in total. The van der Waals surface area contributed by atoms with Gasteiger partial charge < -0.3 is 4.74 Å². The number of hydrogen-bond acceptors (Lipinski definition) is 6. The summed E-state index contributed by atoms with van der Waals surface area (Å²) in [5.41, 5.74) is 0.294. The molecule has 30 heavy (non-hydrogen) atoms. The Labute approximate surface area is 176 Å². The number of aromatic nitrogens is 4. The fraction of sp³-hybridized carbons (Fsp3) is 0. The first kappa shape index (κ1) is 19.8. The van der Waals surface area contributed by atoms with Gasteiger partial charge in [0.1, 0.15) is 17.9 Å². The van der Waals surface area contributed by atoms with Crippen LogP contribution in [0.2, 0.25) is 5.02 Å². The summed E-state index contributed by atoms with van der Waals surface area (Å²) in [6, 6.07) is 12.7. The maximum atomic E-state index is 13.3. The first-order valence-corrected chi connectivity index (χ1v) is 10.3. The number of hydrogen-bond donors (Lipinski definition) is 1. The number of nitrogens with zero attached hydrogens (tertiary/aromatic N) is 4. The van der Waals surface area contributed by atoms with Crippen molar-refractivity contribution >= 4 is 27.3 Å². The lowest BCUT2D eigenvalue weighted by atomic mass is 10.3.